The average Bonchev–Trinajstić information content (AvgIpc) is 2.23. The molecule has 1 rings (SSSR count). The molecule has 0 saturated heterocycles. The lowest BCUT2D eigenvalue weighted by Gasteiger charge is -2.13. The van der Waals surface area contributed by atoms with Crippen molar-refractivity contribution >= 4 is 11.8 Å². The molecule has 1 heterocycles. The van der Waals surface area contributed by atoms with Crippen LogP contribution < -0.4 is 0 Å². The first kappa shape index (κ1) is 12.9. The largest absolute Gasteiger partial charge is 0.460 e. The van der Waals surface area contributed by atoms with E-state index in [2.05, 4.69) is 0 Å². The van der Waals surface area contributed by atoms with E-state index < -0.39 is 17.9 Å². The first-order valence-electron chi connectivity index (χ1n) is 5.70. The van der Waals surface area contributed by atoms with Gasteiger partial charge in [-0.3, -0.25) is 4.79 Å². The molecule has 0 aromatic carbocycles. The Morgan fingerprint density at radius 3 is 2.62 bits per heavy atom. The van der Waals surface area contributed by atoms with Crippen LogP contribution in [0.2, 0.25) is 0 Å². The molecule has 90 valence electrons. The second-order valence-electron chi connectivity index (χ2n) is 4.14. The van der Waals surface area contributed by atoms with Crippen LogP contribution >= 0.6 is 0 Å². The lowest BCUT2D eigenvalue weighted by Crippen LogP contribution is -2.20. The Kier molecular flexibility index (Phi) is 5.19. The Morgan fingerprint density at radius 2 is 1.88 bits per heavy atom. The van der Waals surface area contributed by atoms with Gasteiger partial charge in [-0.1, -0.05) is 12.8 Å². The predicted octanol–water partition coefficient (Wildman–Crippen LogP) is 1.37. The highest BCUT2D eigenvalue weighted by Crippen LogP contribution is 2.11. The van der Waals surface area contributed by atoms with Crippen molar-refractivity contribution in [3.05, 3.63) is 12.2 Å². The maximum Gasteiger partial charge on any atom is 0.331 e. The highest BCUT2D eigenvalue weighted by molar-refractivity contribution is 5.98. The summed E-state index contributed by atoms with van der Waals surface area (Å²) in [6, 6.07) is 0. The van der Waals surface area contributed by atoms with E-state index in [0.717, 1.165) is 37.8 Å². The smallest absolute Gasteiger partial charge is 0.331 e. The summed E-state index contributed by atoms with van der Waals surface area (Å²) >= 11 is 0. The van der Waals surface area contributed by atoms with E-state index in [4.69, 9.17) is 4.74 Å². The number of cyclic esters (lactones) is 1. The van der Waals surface area contributed by atoms with Crippen molar-refractivity contribution in [1.82, 2.24) is 0 Å². The number of hydrogen-bond donors (Lipinski definition) is 1. The Labute approximate surface area is 95.3 Å². The van der Waals surface area contributed by atoms with E-state index >= 15 is 0 Å². The molecular formula is C12H18O4. The van der Waals surface area contributed by atoms with Gasteiger partial charge in [-0.2, -0.15) is 0 Å². The average molecular weight is 226 g/mol. The molecular weight excluding hydrogens is 208 g/mol. The lowest BCUT2D eigenvalue weighted by molar-refractivity contribution is -0.142. The van der Waals surface area contributed by atoms with E-state index in [1.807, 2.05) is 6.92 Å². The molecule has 4 heteroatoms. The standard InChI is InChI=1S/C12H18O4/c1-9-5-3-2-4-6-10(13)11(14)7-8-12(15)16-9/h7-10,13H,2-6H2,1H3/b8-7+/t9-,10-/m1/s1. The quantitative estimate of drug-likeness (QED) is 0.634. The minimum absolute atomic E-state index is 0.114. The van der Waals surface area contributed by atoms with Crippen molar-refractivity contribution in [2.45, 2.75) is 51.2 Å². The lowest BCUT2D eigenvalue weighted by atomic mass is 10.0. The zero-order chi connectivity index (χ0) is 12.0. The molecule has 0 spiro atoms. The van der Waals surface area contributed by atoms with E-state index in [1.54, 1.807) is 0 Å². The molecule has 0 aromatic rings. The first-order chi connectivity index (χ1) is 7.59. The number of rotatable bonds is 0. The van der Waals surface area contributed by atoms with Gasteiger partial charge in [-0.15, -0.1) is 0 Å². The summed E-state index contributed by atoms with van der Waals surface area (Å²) in [5.41, 5.74) is 0. The van der Waals surface area contributed by atoms with Gasteiger partial charge >= 0.3 is 5.97 Å². The minimum Gasteiger partial charge on any atom is -0.460 e. The molecule has 0 radical (unpaired) electrons. The van der Waals surface area contributed by atoms with E-state index in [9.17, 15) is 14.7 Å². The number of ether oxygens (including phenoxy) is 1. The number of esters is 1. The van der Waals surface area contributed by atoms with Crippen LogP contribution in [0, 0.1) is 0 Å². The van der Waals surface area contributed by atoms with Crippen molar-refractivity contribution in [1.29, 1.82) is 0 Å². The topological polar surface area (TPSA) is 63.6 Å². The fourth-order valence-corrected chi connectivity index (χ4v) is 1.65. The van der Waals surface area contributed by atoms with Gasteiger partial charge in [0, 0.05) is 6.08 Å². The predicted molar refractivity (Wildman–Crippen MR) is 58.8 cm³/mol. The number of ketones is 1. The first-order valence-corrected chi connectivity index (χ1v) is 5.70. The minimum atomic E-state index is -0.985. The van der Waals surface area contributed by atoms with Crippen molar-refractivity contribution in [2.24, 2.45) is 0 Å². The number of aliphatic hydroxyl groups excluding tert-OH is 1. The van der Waals surface area contributed by atoms with Crippen molar-refractivity contribution in [3.63, 3.8) is 0 Å². The highest BCUT2D eigenvalue weighted by Gasteiger charge is 2.14. The third-order valence-electron chi connectivity index (χ3n) is 2.62. The normalized spacial score (nSPS) is 31.1. The maximum atomic E-state index is 11.3. The molecule has 0 amide bonds. The van der Waals surface area contributed by atoms with Crippen LogP contribution in [0.4, 0.5) is 0 Å². The number of hydrogen-bond acceptors (Lipinski definition) is 4. The molecule has 1 N–H and O–H groups in total. The highest BCUT2D eigenvalue weighted by atomic mass is 16.5. The summed E-state index contributed by atoms with van der Waals surface area (Å²) in [5.74, 6) is -0.946. The molecule has 0 aliphatic carbocycles. The molecule has 4 nitrogen and oxygen atoms in total. The van der Waals surface area contributed by atoms with E-state index in [0.29, 0.717) is 6.42 Å². The molecule has 2 atom stereocenters. The Balaban J connectivity index is 2.61. The third-order valence-corrected chi connectivity index (χ3v) is 2.62. The van der Waals surface area contributed by atoms with Crippen LogP contribution in [0.25, 0.3) is 0 Å². The summed E-state index contributed by atoms with van der Waals surface area (Å²) in [6.07, 6.45) is 5.08. The van der Waals surface area contributed by atoms with Crippen molar-refractivity contribution < 1.29 is 19.4 Å². The van der Waals surface area contributed by atoms with Gasteiger partial charge in [-0.25, -0.2) is 4.79 Å². The van der Waals surface area contributed by atoms with Gasteiger partial charge in [0.1, 0.15) is 6.10 Å². The summed E-state index contributed by atoms with van der Waals surface area (Å²) in [5, 5.41) is 9.45. The molecule has 1 aliphatic heterocycles. The number of carbonyl (C=O) groups is 2. The second-order valence-corrected chi connectivity index (χ2v) is 4.14. The fraction of sp³-hybridized carbons (Fsp3) is 0.667. The Morgan fingerprint density at radius 1 is 1.19 bits per heavy atom. The molecule has 0 aromatic heterocycles. The molecule has 0 bridgehead atoms. The van der Waals surface area contributed by atoms with E-state index in [-0.39, 0.29) is 6.10 Å². The SMILES string of the molecule is C[C@@H]1CCCCC[C@@H](O)C(=O)/C=C/C(=O)O1. The molecule has 0 unspecified atom stereocenters. The van der Waals surface area contributed by atoms with Gasteiger partial charge in [0.25, 0.3) is 0 Å². The molecule has 16 heavy (non-hydrogen) atoms. The van der Waals surface area contributed by atoms with Gasteiger partial charge in [0.2, 0.25) is 0 Å². The molecule has 1 aliphatic rings. The number of carbonyl (C=O) groups excluding carboxylic acids is 2. The summed E-state index contributed by atoms with van der Waals surface area (Å²) in [4.78, 5) is 22.5. The summed E-state index contributed by atoms with van der Waals surface area (Å²) < 4.78 is 5.05. The van der Waals surface area contributed by atoms with Crippen molar-refractivity contribution in [2.75, 3.05) is 0 Å². The summed E-state index contributed by atoms with van der Waals surface area (Å²) in [7, 11) is 0. The van der Waals surface area contributed by atoms with Crippen LogP contribution in [0.3, 0.4) is 0 Å². The zero-order valence-electron chi connectivity index (χ0n) is 9.52. The van der Waals surface area contributed by atoms with Crippen LogP contribution in [0.1, 0.15) is 39.0 Å². The molecule has 0 fully saturated rings. The molecule has 0 saturated carbocycles. The van der Waals surface area contributed by atoms with Crippen LogP contribution in [-0.2, 0) is 14.3 Å². The fourth-order valence-electron chi connectivity index (χ4n) is 1.65. The number of aliphatic hydroxyl groups is 1. The van der Waals surface area contributed by atoms with Gasteiger partial charge < -0.3 is 9.84 Å². The summed E-state index contributed by atoms with van der Waals surface area (Å²) in [6.45, 7) is 1.84. The van der Waals surface area contributed by atoms with Crippen LogP contribution in [0.15, 0.2) is 12.2 Å². The van der Waals surface area contributed by atoms with Crippen LogP contribution in [-0.4, -0.2) is 29.1 Å². The Hall–Kier alpha value is -1.16. The zero-order valence-corrected chi connectivity index (χ0v) is 9.52. The monoisotopic (exact) mass is 226 g/mol. The van der Waals surface area contributed by atoms with Gasteiger partial charge in [-0.05, 0) is 32.3 Å². The van der Waals surface area contributed by atoms with Crippen molar-refractivity contribution in [3.8, 4) is 0 Å². The maximum absolute atomic E-state index is 11.3. The van der Waals surface area contributed by atoms with Gasteiger partial charge in [0.15, 0.2) is 5.78 Å². The van der Waals surface area contributed by atoms with Gasteiger partial charge in [0.05, 0.1) is 6.10 Å². The van der Waals surface area contributed by atoms with E-state index in [1.165, 1.54) is 0 Å². The van der Waals surface area contributed by atoms with Crippen LogP contribution in [0.5, 0.6) is 0 Å². The third kappa shape index (κ3) is 4.57. The second kappa shape index (κ2) is 6.43. The Bertz CT molecular complexity index is 283.